The zero-order valence-electron chi connectivity index (χ0n) is 36.9. The van der Waals surface area contributed by atoms with E-state index in [1.54, 1.807) is 38.1 Å². The summed E-state index contributed by atoms with van der Waals surface area (Å²) >= 11 is 0. The lowest BCUT2D eigenvalue weighted by Crippen LogP contribution is -2.54. The van der Waals surface area contributed by atoms with E-state index in [4.69, 9.17) is 30.2 Å². The number of carbonyl (C=O) groups is 6. The molecule has 1 aromatic carbocycles. The Labute approximate surface area is 378 Å². The first-order valence-corrected chi connectivity index (χ1v) is 24.4. The smallest absolute Gasteiger partial charge is 0.465 e. The second-order valence-electron chi connectivity index (χ2n) is 15.0. The van der Waals surface area contributed by atoms with Crippen molar-refractivity contribution >= 4 is 57.3 Å². The average molecular weight is 965 g/mol. The van der Waals surface area contributed by atoms with Crippen LogP contribution in [0.15, 0.2) is 29.4 Å². The van der Waals surface area contributed by atoms with Crippen molar-refractivity contribution in [3.05, 3.63) is 40.3 Å². The molecule has 1 rings (SSSR count). The summed E-state index contributed by atoms with van der Waals surface area (Å²) < 4.78 is 43.2. The molecule has 0 spiro atoms. The summed E-state index contributed by atoms with van der Waals surface area (Å²) in [6, 6.07) is 3.68. The van der Waals surface area contributed by atoms with E-state index in [0.717, 1.165) is 12.8 Å². The minimum atomic E-state index is -4.90. The van der Waals surface area contributed by atoms with Gasteiger partial charge in [-0.15, -0.1) is 0 Å². The number of unbranched alkanes of at least 4 members (excludes halogenated alkanes) is 8. The summed E-state index contributed by atoms with van der Waals surface area (Å²) in [5.74, 6) is -1.77. The Morgan fingerprint density at radius 3 is 1.92 bits per heavy atom. The first-order valence-electron chi connectivity index (χ1n) is 21.4. The van der Waals surface area contributed by atoms with Crippen LogP contribution >= 0.6 is 15.6 Å². The van der Waals surface area contributed by atoms with Crippen molar-refractivity contribution in [3.8, 4) is 0 Å². The number of nitrogens with two attached hydrogens (primary N) is 1. The molecule has 1 aromatic rings. The molecule has 0 saturated heterocycles. The van der Waals surface area contributed by atoms with Crippen LogP contribution in [0, 0.1) is 5.92 Å². The zero-order chi connectivity index (χ0) is 48.5. The van der Waals surface area contributed by atoms with Crippen LogP contribution < -0.4 is 37.6 Å². The number of benzene rings is 1. The fraction of sp³-hybridized carbons (Fsp3) is 0.684. The topological polar surface area (TPSA) is 381 Å². The number of anilines is 1. The molecule has 4 atom stereocenters. The number of rotatable bonds is 36. The molecule has 27 heteroatoms. The Morgan fingerprint density at radius 1 is 0.754 bits per heavy atom. The van der Waals surface area contributed by atoms with E-state index in [1.807, 2.05) is 0 Å². The number of urea groups is 1. The van der Waals surface area contributed by atoms with Gasteiger partial charge in [0, 0.05) is 43.2 Å². The fourth-order valence-electron chi connectivity index (χ4n) is 5.72. The summed E-state index contributed by atoms with van der Waals surface area (Å²) in [5.41, 5.74) is 14.5. The quantitative estimate of drug-likeness (QED) is 0.0132. The lowest BCUT2D eigenvalue weighted by molar-refractivity contribution is -0.132. The van der Waals surface area contributed by atoms with Crippen LogP contribution in [0.2, 0.25) is 0 Å². The molecular formula is C38H66N10O15P2. The molecule has 0 aliphatic heterocycles. The van der Waals surface area contributed by atoms with E-state index in [-0.39, 0.29) is 64.0 Å². The van der Waals surface area contributed by atoms with Crippen molar-refractivity contribution in [2.75, 3.05) is 44.7 Å². The molecule has 0 aliphatic rings. The highest BCUT2D eigenvalue weighted by Gasteiger charge is 2.35. The van der Waals surface area contributed by atoms with Crippen LogP contribution in [0.1, 0.15) is 109 Å². The van der Waals surface area contributed by atoms with Crippen molar-refractivity contribution < 1.29 is 70.9 Å². The number of nitrogens with zero attached hydrogens (tertiary/aromatic N) is 3. The maximum atomic E-state index is 13.4. The highest BCUT2D eigenvalue weighted by Crippen LogP contribution is 2.60. The number of hydrogen-bond donors (Lipinski definition) is 10. The standard InChI is InChI=1S/C38H66N10O15P2/c1-28(2)33(47-32(49)16-8-6-11-24-44-48-40)35(51)46-31(15-14-23-41-36(39)52)34(50)45-30-19-17-29(18-20-30)27-60-38(55)43-22-10-7-13-26-62-65(58,59)63-64(56,57)61-25-12-5-3-4-9-21-42-37(53)54/h17-20,28,31,33,42H,3-16,21-27H2,1-2H3,(H,43,55)(H,45,50)(H,46,51)(H,47,49)(H,53,54)(H,56,57)(H,58,59)(H3,39,41,52)/t31-,33-/m1/s1. The molecule has 11 N–H and O–H groups in total. The number of alkyl carbamates (subject to hydrolysis) is 1. The first kappa shape index (κ1) is 58.0. The van der Waals surface area contributed by atoms with Crippen LogP contribution in [0.4, 0.5) is 20.1 Å². The predicted molar refractivity (Wildman–Crippen MR) is 237 cm³/mol. The Kier molecular flexibility index (Phi) is 29.9. The highest BCUT2D eigenvalue weighted by atomic mass is 31.3. The summed E-state index contributed by atoms with van der Waals surface area (Å²) in [6.45, 7) is 3.94. The van der Waals surface area contributed by atoms with Gasteiger partial charge in [0.25, 0.3) is 0 Å². The number of carboxylic acid groups (broad SMARTS) is 1. The van der Waals surface area contributed by atoms with Crippen molar-refractivity contribution in [1.82, 2.24) is 26.6 Å². The van der Waals surface area contributed by atoms with Crippen molar-refractivity contribution in [1.29, 1.82) is 0 Å². The molecule has 0 radical (unpaired) electrons. The van der Waals surface area contributed by atoms with Crippen LogP contribution in [0.5, 0.6) is 0 Å². The highest BCUT2D eigenvalue weighted by molar-refractivity contribution is 7.61. The third-order valence-electron chi connectivity index (χ3n) is 9.09. The number of amides is 7. The molecule has 0 heterocycles. The molecule has 25 nitrogen and oxygen atoms in total. The lowest BCUT2D eigenvalue weighted by atomic mass is 10.0. The van der Waals surface area contributed by atoms with Gasteiger partial charge in [-0.05, 0) is 86.9 Å². The van der Waals surface area contributed by atoms with Gasteiger partial charge in [0.05, 0.1) is 13.2 Å². The van der Waals surface area contributed by atoms with Gasteiger partial charge in [0.2, 0.25) is 17.7 Å². The van der Waals surface area contributed by atoms with Gasteiger partial charge < -0.3 is 57.3 Å². The van der Waals surface area contributed by atoms with Crippen LogP contribution in [0.25, 0.3) is 10.4 Å². The van der Waals surface area contributed by atoms with Gasteiger partial charge in [0.15, 0.2) is 0 Å². The van der Waals surface area contributed by atoms with E-state index in [9.17, 15) is 47.7 Å². The van der Waals surface area contributed by atoms with E-state index >= 15 is 0 Å². The zero-order valence-corrected chi connectivity index (χ0v) is 38.7. The van der Waals surface area contributed by atoms with E-state index < -0.39 is 57.8 Å². The third-order valence-corrected chi connectivity index (χ3v) is 11.8. The number of phosphoric ester groups is 2. The summed E-state index contributed by atoms with van der Waals surface area (Å²) in [5, 5.41) is 27.4. The minimum absolute atomic E-state index is 0.101. The van der Waals surface area contributed by atoms with Crippen molar-refractivity contribution in [3.63, 3.8) is 0 Å². The monoisotopic (exact) mass is 964 g/mol. The normalized spacial score (nSPS) is 13.7. The van der Waals surface area contributed by atoms with Crippen LogP contribution in [-0.4, -0.2) is 102 Å². The molecule has 368 valence electrons. The molecule has 7 amide bonds. The summed E-state index contributed by atoms with van der Waals surface area (Å²) in [6.07, 6.45) is 4.86. The lowest BCUT2D eigenvalue weighted by Gasteiger charge is -2.25. The van der Waals surface area contributed by atoms with Crippen LogP contribution in [-0.2, 0) is 48.2 Å². The minimum Gasteiger partial charge on any atom is -0.465 e. The largest absolute Gasteiger partial charge is 0.481 e. The summed E-state index contributed by atoms with van der Waals surface area (Å²) in [7, 11) is -9.77. The van der Waals surface area contributed by atoms with Gasteiger partial charge in [-0.3, -0.25) is 23.4 Å². The Hall–Kier alpha value is -4.99. The second kappa shape index (κ2) is 33.5. The predicted octanol–water partition coefficient (Wildman–Crippen LogP) is 5.44. The Balaban J connectivity index is 2.48. The third kappa shape index (κ3) is 30.7. The first-order chi connectivity index (χ1) is 30.8. The average Bonchev–Trinajstić information content (AvgIpc) is 3.23. The van der Waals surface area contributed by atoms with Gasteiger partial charge in [-0.25, -0.2) is 23.5 Å². The van der Waals surface area contributed by atoms with Gasteiger partial charge in [-0.2, -0.15) is 4.31 Å². The van der Waals surface area contributed by atoms with Gasteiger partial charge >= 0.3 is 33.9 Å². The SMILES string of the molecule is CC(C)[C@@H](NC(=O)CCCCCN=[N+]=[N-])C(=O)N[C@H](CCCNC(N)=O)C(=O)Nc1ccc(COC(=O)NCCCCCOP(=O)(O)OP(=O)(O)OCCCCCCCNC(=O)O)cc1. The maximum absolute atomic E-state index is 13.4. The molecule has 0 aliphatic carbocycles. The van der Waals surface area contributed by atoms with Gasteiger partial charge in [-0.1, -0.05) is 56.8 Å². The molecule has 0 fully saturated rings. The Bertz CT molecular complexity index is 1770. The molecule has 0 aromatic heterocycles. The number of phosphoric acid groups is 2. The number of carbonyl (C=O) groups excluding carboxylic acids is 5. The number of hydrogen-bond acceptors (Lipinski definition) is 13. The molecule has 0 bridgehead atoms. The number of azide groups is 1. The molecule has 0 saturated carbocycles. The molecular weight excluding hydrogens is 898 g/mol. The van der Waals surface area contributed by atoms with Crippen molar-refractivity contribution in [2.45, 2.75) is 122 Å². The van der Waals surface area contributed by atoms with Crippen LogP contribution in [0.3, 0.4) is 0 Å². The van der Waals surface area contributed by atoms with E-state index in [2.05, 4.69) is 46.2 Å². The molecule has 2 unspecified atom stereocenters. The van der Waals surface area contributed by atoms with Crippen molar-refractivity contribution in [2.24, 2.45) is 16.8 Å². The number of primary amides is 1. The molecule has 65 heavy (non-hydrogen) atoms. The number of nitrogens with one attached hydrogen (secondary N) is 6. The fourth-order valence-corrected chi connectivity index (χ4v) is 7.86. The van der Waals surface area contributed by atoms with E-state index in [1.165, 1.54) is 0 Å². The van der Waals surface area contributed by atoms with Gasteiger partial charge in [0.1, 0.15) is 18.7 Å². The van der Waals surface area contributed by atoms with E-state index in [0.29, 0.717) is 82.1 Å². The second-order valence-corrected chi connectivity index (χ2v) is 18.0. The Morgan fingerprint density at radius 2 is 1.32 bits per heavy atom. The number of ether oxygens (including phenoxy) is 1. The maximum Gasteiger partial charge on any atom is 0.481 e. The summed E-state index contributed by atoms with van der Waals surface area (Å²) in [4.78, 5) is 95.4.